The summed E-state index contributed by atoms with van der Waals surface area (Å²) in [5.41, 5.74) is -0.932. The van der Waals surface area contributed by atoms with Crippen molar-refractivity contribution >= 4 is 23.3 Å². The van der Waals surface area contributed by atoms with Gasteiger partial charge in [-0.1, -0.05) is 6.07 Å². The Kier molecular flexibility index (Phi) is 6.96. The first-order valence-corrected chi connectivity index (χ1v) is 9.97. The zero-order valence-electron chi connectivity index (χ0n) is 17.9. The van der Waals surface area contributed by atoms with Gasteiger partial charge in [-0.3, -0.25) is 4.79 Å². The maximum Gasteiger partial charge on any atom is 0.417 e. The SMILES string of the molecule is CNC(=O)C1CN(C(=O)Nc2cccc(OC)c2)CCN1c1ccc(C#N)c(C(F)(F)F)c1. The summed E-state index contributed by atoms with van der Waals surface area (Å²) in [5.74, 6) is 0.106. The number of ether oxygens (including phenoxy) is 1. The molecule has 2 aromatic carbocycles. The van der Waals surface area contributed by atoms with E-state index in [2.05, 4.69) is 10.6 Å². The van der Waals surface area contributed by atoms with E-state index in [1.165, 1.54) is 30.0 Å². The van der Waals surface area contributed by atoms with Crippen LogP contribution in [0.5, 0.6) is 5.75 Å². The minimum atomic E-state index is -4.72. The fourth-order valence-electron chi connectivity index (χ4n) is 3.61. The van der Waals surface area contributed by atoms with Crippen LogP contribution in [0.25, 0.3) is 0 Å². The van der Waals surface area contributed by atoms with Gasteiger partial charge in [-0.15, -0.1) is 0 Å². The monoisotopic (exact) mass is 461 g/mol. The quantitative estimate of drug-likeness (QED) is 0.730. The smallest absolute Gasteiger partial charge is 0.417 e. The predicted molar refractivity (Wildman–Crippen MR) is 115 cm³/mol. The Morgan fingerprint density at radius 2 is 1.94 bits per heavy atom. The van der Waals surface area contributed by atoms with Crippen molar-refractivity contribution in [2.24, 2.45) is 0 Å². The summed E-state index contributed by atoms with van der Waals surface area (Å²) in [5, 5.41) is 14.3. The Morgan fingerprint density at radius 3 is 2.58 bits per heavy atom. The number of methoxy groups -OCH3 is 1. The van der Waals surface area contributed by atoms with Crippen LogP contribution in [0.2, 0.25) is 0 Å². The van der Waals surface area contributed by atoms with Gasteiger partial charge in [0.05, 0.1) is 30.9 Å². The molecule has 1 aliphatic rings. The minimum absolute atomic E-state index is 0.0448. The van der Waals surface area contributed by atoms with Crippen molar-refractivity contribution in [2.45, 2.75) is 12.2 Å². The average Bonchev–Trinajstić information content (AvgIpc) is 2.82. The topological polar surface area (TPSA) is 97.7 Å². The molecule has 0 saturated carbocycles. The van der Waals surface area contributed by atoms with Gasteiger partial charge >= 0.3 is 12.2 Å². The van der Waals surface area contributed by atoms with Crippen LogP contribution in [-0.4, -0.2) is 56.7 Å². The molecule has 33 heavy (non-hydrogen) atoms. The molecule has 1 atom stereocenters. The molecule has 2 N–H and O–H groups in total. The van der Waals surface area contributed by atoms with Crippen molar-refractivity contribution in [1.82, 2.24) is 10.2 Å². The summed E-state index contributed by atoms with van der Waals surface area (Å²) in [6, 6.07) is 10.2. The summed E-state index contributed by atoms with van der Waals surface area (Å²) >= 11 is 0. The van der Waals surface area contributed by atoms with Crippen LogP contribution in [0.15, 0.2) is 42.5 Å². The number of nitrogens with one attached hydrogen (secondary N) is 2. The third-order valence-electron chi connectivity index (χ3n) is 5.30. The number of piperazine rings is 1. The minimum Gasteiger partial charge on any atom is -0.497 e. The predicted octanol–water partition coefficient (Wildman–Crippen LogP) is 3.05. The fourth-order valence-corrected chi connectivity index (χ4v) is 3.61. The summed E-state index contributed by atoms with van der Waals surface area (Å²) < 4.78 is 45.4. The van der Waals surface area contributed by atoms with Gasteiger partial charge in [0, 0.05) is 37.6 Å². The van der Waals surface area contributed by atoms with Gasteiger partial charge in [-0.05, 0) is 30.3 Å². The Morgan fingerprint density at radius 1 is 1.18 bits per heavy atom. The third kappa shape index (κ3) is 5.28. The van der Waals surface area contributed by atoms with Crippen molar-refractivity contribution in [2.75, 3.05) is 44.0 Å². The number of benzene rings is 2. The second-order valence-corrected chi connectivity index (χ2v) is 7.27. The van der Waals surface area contributed by atoms with Gasteiger partial charge in [-0.2, -0.15) is 18.4 Å². The van der Waals surface area contributed by atoms with E-state index >= 15 is 0 Å². The summed E-state index contributed by atoms with van der Waals surface area (Å²) in [6.07, 6.45) is -4.72. The van der Waals surface area contributed by atoms with E-state index in [0.29, 0.717) is 11.4 Å². The molecule has 0 spiro atoms. The molecule has 1 unspecified atom stereocenters. The zero-order chi connectivity index (χ0) is 24.2. The van der Waals surface area contributed by atoms with Crippen LogP contribution in [-0.2, 0) is 11.0 Å². The number of anilines is 2. The van der Waals surface area contributed by atoms with Crippen molar-refractivity contribution in [3.63, 3.8) is 0 Å². The Bertz CT molecular complexity index is 1080. The fraction of sp³-hybridized carbons (Fsp3) is 0.318. The highest BCUT2D eigenvalue weighted by molar-refractivity contribution is 5.91. The number of halogens is 3. The first kappa shape index (κ1) is 23.7. The van der Waals surface area contributed by atoms with E-state index in [1.807, 2.05) is 0 Å². The Hall–Kier alpha value is -3.94. The second-order valence-electron chi connectivity index (χ2n) is 7.27. The molecular formula is C22H22F3N5O3. The Balaban J connectivity index is 1.83. The molecule has 1 saturated heterocycles. The summed E-state index contributed by atoms with van der Waals surface area (Å²) in [4.78, 5) is 28.3. The molecular weight excluding hydrogens is 439 g/mol. The Labute approximate surface area is 188 Å². The highest BCUT2D eigenvalue weighted by Crippen LogP contribution is 2.35. The van der Waals surface area contributed by atoms with Gasteiger partial charge in [-0.25, -0.2) is 4.79 Å². The number of nitrogens with zero attached hydrogens (tertiary/aromatic N) is 3. The van der Waals surface area contributed by atoms with E-state index in [9.17, 15) is 22.8 Å². The largest absolute Gasteiger partial charge is 0.497 e. The zero-order valence-corrected chi connectivity index (χ0v) is 17.9. The molecule has 1 aliphatic heterocycles. The molecule has 3 rings (SSSR count). The molecule has 8 nitrogen and oxygen atoms in total. The molecule has 11 heteroatoms. The third-order valence-corrected chi connectivity index (χ3v) is 5.30. The molecule has 2 aromatic rings. The number of carbonyl (C=O) groups is 2. The maximum atomic E-state index is 13.4. The highest BCUT2D eigenvalue weighted by atomic mass is 19.4. The average molecular weight is 461 g/mol. The number of nitriles is 1. The molecule has 0 bridgehead atoms. The van der Waals surface area contributed by atoms with Crippen LogP contribution in [0.3, 0.4) is 0 Å². The molecule has 1 heterocycles. The molecule has 3 amide bonds. The molecule has 0 aliphatic carbocycles. The van der Waals surface area contributed by atoms with E-state index < -0.39 is 35.3 Å². The lowest BCUT2D eigenvalue weighted by atomic mass is 10.0. The summed E-state index contributed by atoms with van der Waals surface area (Å²) in [7, 11) is 2.91. The first-order chi connectivity index (χ1) is 15.7. The number of amides is 3. The number of urea groups is 1. The number of hydrogen-bond donors (Lipinski definition) is 2. The second kappa shape index (κ2) is 9.68. The highest BCUT2D eigenvalue weighted by Gasteiger charge is 2.37. The molecule has 174 valence electrons. The number of likely N-dealkylation sites (N-methyl/N-ethyl adjacent to an activating group) is 1. The lowest BCUT2D eigenvalue weighted by Crippen LogP contribution is -2.60. The number of alkyl halides is 3. The number of rotatable bonds is 4. The van der Waals surface area contributed by atoms with Crippen LogP contribution in [0, 0.1) is 11.3 Å². The summed E-state index contributed by atoms with van der Waals surface area (Å²) in [6.45, 7) is 0.244. The van der Waals surface area contributed by atoms with Crippen molar-refractivity contribution in [3.05, 3.63) is 53.6 Å². The van der Waals surface area contributed by atoms with E-state index in [4.69, 9.17) is 10.00 Å². The molecule has 0 aromatic heterocycles. The van der Waals surface area contributed by atoms with Crippen molar-refractivity contribution < 1.29 is 27.5 Å². The van der Waals surface area contributed by atoms with Crippen LogP contribution < -0.4 is 20.3 Å². The van der Waals surface area contributed by atoms with E-state index in [1.54, 1.807) is 30.3 Å². The van der Waals surface area contributed by atoms with Gasteiger partial charge in [0.15, 0.2) is 0 Å². The standard InChI is InChI=1S/C22H22F3N5O3/c1-27-20(31)19-13-29(21(32)28-15-4-3-5-17(10-15)33-2)8-9-30(19)16-7-6-14(12-26)18(11-16)22(23,24)25/h3-7,10-11,19H,8-9,13H2,1-2H3,(H,27,31)(H,28,32). The number of carbonyl (C=O) groups excluding carboxylic acids is 2. The first-order valence-electron chi connectivity index (χ1n) is 9.97. The maximum absolute atomic E-state index is 13.4. The van der Waals surface area contributed by atoms with Gasteiger partial charge in [0.2, 0.25) is 5.91 Å². The molecule has 1 fully saturated rings. The normalized spacial score (nSPS) is 16.1. The van der Waals surface area contributed by atoms with Gasteiger partial charge in [0.1, 0.15) is 11.8 Å². The van der Waals surface area contributed by atoms with Gasteiger partial charge < -0.3 is 25.2 Å². The van der Waals surface area contributed by atoms with Gasteiger partial charge in [0.25, 0.3) is 0 Å². The number of hydrogen-bond acceptors (Lipinski definition) is 5. The van der Waals surface area contributed by atoms with E-state index in [-0.39, 0.29) is 25.3 Å². The van der Waals surface area contributed by atoms with Crippen LogP contribution >= 0.6 is 0 Å². The van der Waals surface area contributed by atoms with Crippen LogP contribution in [0.4, 0.5) is 29.3 Å². The van der Waals surface area contributed by atoms with Crippen molar-refractivity contribution in [3.8, 4) is 11.8 Å². The van der Waals surface area contributed by atoms with E-state index in [0.717, 1.165) is 12.1 Å². The van der Waals surface area contributed by atoms with Crippen molar-refractivity contribution in [1.29, 1.82) is 5.26 Å². The molecule has 0 radical (unpaired) electrons. The lowest BCUT2D eigenvalue weighted by Gasteiger charge is -2.41. The lowest BCUT2D eigenvalue weighted by molar-refractivity contribution is -0.137. The van der Waals surface area contributed by atoms with Crippen LogP contribution in [0.1, 0.15) is 11.1 Å².